The number of carbonyl (C=O) groups is 1. The third kappa shape index (κ3) is 6.32. The van der Waals surface area contributed by atoms with E-state index < -0.39 is 5.97 Å². The van der Waals surface area contributed by atoms with Crippen molar-refractivity contribution in [1.82, 2.24) is 9.97 Å². The van der Waals surface area contributed by atoms with Gasteiger partial charge in [0.05, 0.1) is 6.61 Å². The number of esters is 1. The lowest BCUT2D eigenvalue weighted by molar-refractivity contribution is -0.135. The Kier molecular flexibility index (Phi) is 7.85. The van der Waals surface area contributed by atoms with Crippen LogP contribution in [0.4, 0.5) is 0 Å². The van der Waals surface area contributed by atoms with E-state index in [4.69, 9.17) is 18.7 Å². The second-order valence-corrected chi connectivity index (χ2v) is 7.50. The van der Waals surface area contributed by atoms with Crippen molar-refractivity contribution in [3.05, 3.63) is 102 Å². The summed E-state index contributed by atoms with van der Waals surface area (Å²) in [6.45, 7) is 4.30. The maximum absolute atomic E-state index is 12.2. The monoisotopic (exact) mass is 471 g/mol. The Morgan fingerprint density at radius 1 is 1.00 bits per heavy atom. The molecule has 0 bridgehead atoms. The first-order valence-corrected chi connectivity index (χ1v) is 11.1. The van der Waals surface area contributed by atoms with E-state index in [2.05, 4.69) is 15.1 Å². The number of oxime groups is 1. The zero-order valence-corrected chi connectivity index (χ0v) is 19.5. The van der Waals surface area contributed by atoms with Crippen molar-refractivity contribution in [3.63, 3.8) is 0 Å². The molecule has 0 spiro atoms. The number of hydrogen-bond donors (Lipinski definition) is 0. The van der Waals surface area contributed by atoms with Crippen LogP contribution in [0.2, 0.25) is 0 Å². The third-order valence-electron chi connectivity index (χ3n) is 5.00. The number of hydrogen-bond acceptors (Lipinski definition) is 8. The van der Waals surface area contributed by atoms with Crippen molar-refractivity contribution in [1.29, 1.82) is 0 Å². The normalized spacial score (nSPS) is 11.2. The molecule has 2 aromatic heterocycles. The first-order chi connectivity index (χ1) is 17.1. The van der Waals surface area contributed by atoms with E-state index in [0.29, 0.717) is 17.2 Å². The SMILES string of the molecule is CCOC(=O)/C(=N/OCc1ccc(OCc2nc(-c3ccccc3)oc2C)cc1)c1cccnc1. The molecule has 0 saturated carbocycles. The van der Waals surface area contributed by atoms with E-state index in [1.165, 1.54) is 6.20 Å². The fourth-order valence-corrected chi connectivity index (χ4v) is 3.18. The lowest BCUT2D eigenvalue weighted by Gasteiger charge is -2.07. The number of carbonyl (C=O) groups excluding carboxylic acids is 1. The van der Waals surface area contributed by atoms with Crippen LogP contribution in [-0.2, 0) is 27.6 Å². The Morgan fingerprint density at radius 3 is 2.51 bits per heavy atom. The highest BCUT2D eigenvalue weighted by Gasteiger charge is 2.17. The van der Waals surface area contributed by atoms with Gasteiger partial charge in [-0.1, -0.05) is 35.5 Å². The van der Waals surface area contributed by atoms with E-state index in [1.54, 1.807) is 25.3 Å². The molecule has 0 amide bonds. The van der Waals surface area contributed by atoms with Crippen LogP contribution in [-0.4, -0.2) is 28.3 Å². The third-order valence-corrected chi connectivity index (χ3v) is 5.00. The summed E-state index contributed by atoms with van der Waals surface area (Å²) < 4.78 is 16.7. The van der Waals surface area contributed by atoms with Crippen LogP contribution in [0.25, 0.3) is 11.5 Å². The first kappa shape index (κ1) is 23.7. The molecule has 0 aliphatic carbocycles. The molecule has 0 atom stereocenters. The molecule has 0 aliphatic rings. The van der Waals surface area contributed by atoms with Gasteiger partial charge in [0.15, 0.2) is 5.71 Å². The van der Waals surface area contributed by atoms with Crippen LogP contribution in [0.5, 0.6) is 5.75 Å². The maximum atomic E-state index is 12.2. The molecule has 0 aliphatic heterocycles. The minimum absolute atomic E-state index is 0.0674. The molecule has 0 radical (unpaired) electrons. The first-order valence-electron chi connectivity index (χ1n) is 11.1. The van der Waals surface area contributed by atoms with Gasteiger partial charge in [-0.2, -0.15) is 0 Å². The highest BCUT2D eigenvalue weighted by atomic mass is 16.6. The van der Waals surface area contributed by atoms with Crippen molar-refractivity contribution in [3.8, 4) is 17.2 Å². The van der Waals surface area contributed by atoms with Crippen LogP contribution in [0.3, 0.4) is 0 Å². The summed E-state index contributed by atoms with van der Waals surface area (Å²) in [4.78, 5) is 26.2. The fourth-order valence-electron chi connectivity index (χ4n) is 3.18. The number of ether oxygens (including phenoxy) is 2. The Labute approximate surface area is 203 Å². The van der Waals surface area contributed by atoms with Crippen molar-refractivity contribution < 1.29 is 23.5 Å². The Balaban J connectivity index is 1.34. The smallest absolute Gasteiger partial charge is 0.361 e. The largest absolute Gasteiger partial charge is 0.487 e. The van der Waals surface area contributed by atoms with Crippen LogP contribution in [0.1, 0.15) is 29.5 Å². The van der Waals surface area contributed by atoms with E-state index in [9.17, 15) is 4.79 Å². The summed E-state index contributed by atoms with van der Waals surface area (Å²) in [7, 11) is 0. The number of oxazole rings is 1. The van der Waals surface area contributed by atoms with Crippen molar-refractivity contribution in [2.24, 2.45) is 5.16 Å². The molecule has 0 N–H and O–H groups in total. The number of benzene rings is 2. The number of aromatic nitrogens is 2. The van der Waals surface area contributed by atoms with Gasteiger partial charge in [0.1, 0.15) is 30.4 Å². The highest BCUT2D eigenvalue weighted by molar-refractivity contribution is 6.43. The van der Waals surface area contributed by atoms with E-state index >= 15 is 0 Å². The van der Waals surface area contributed by atoms with Gasteiger partial charge < -0.3 is 18.7 Å². The molecule has 8 nitrogen and oxygen atoms in total. The predicted molar refractivity (Wildman–Crippen MR) is 130 cm³/mol. The van der Waals surface area contributed by atoms with Crippen molar-refractivity contribution >= 4 is 11.7 Å². The van der Waals surface area contributed by atoms with Crippen LogP contribution in [0.15, 0.2) is 88.7 Å². The van der Waals surface area contributed by atoms with E-state index in [0.717, 1.165) is 22.6 Å². The number of nitrogens with zero attached hydrogens (tertiary/aromatic N) is 3. The van der Waals surface area contributed by atoms with Gasteiger partial charge >= 0.3 is 5.97 Å². The molecule has 0 fully saturated rings. The Bertz CT molecular complexity index is 1270. The zero-order valence-electron chi connectivity index (χ0n) is 19.5. The summed E-state index contributed by atoms with van der Waals surface area (Å²) in [5.74, 6) is 1.41. The molecule has 178 valence electrons. The molecule has 35 heavy (non-hydrogen) atoms. The van der Waals surface area contributed by atoms with Gasteiger partial charge in [-0.3, -0.25) is 4.98 Å². The van der Waals surface area contributed by atoms with Gasteiger partial charge in [-0.25, -0.2) is 9.78 Å². The summed E-state index contributed by atoms with van der Waals surface area (Å²) >= 11 is 0. The summed E-state index contributed by atoms with van der Waals surface area (Å²) in [6, 6.07) is 20.6. The molecule has 8 heteroatoms. The van der Waals surface area contributed by atoms with Crippen LogP contribution >= 0.6 is 0 Å². The average Bonchev–Trinajstić information content (AvgIpc) is 3.27. The number of pyridine rings is 1. The van der Waals surface area contributed by atoms with Gasteiger partial charge in [0.2, 0.25) is 5.89 Å². The standard InChI is InChI=1S/C27H25N3O5/c1-3-32-27(31)25(22-10-7-15-28-16-22)30-34-17-20-11-13-23(14-12-20)33-18-24-19(2)35-26(29-24)21-8-5-4-6-9-21/h4-16H,3,17-18H2,1-2H3/b30-25+. The second kappa shape index (κ2) is 11.6. The average molecular weight is 472 g/mol. The molecule has 4 rings (SSSR count). The maximum Gasteiger partial charge on any atom is 0.361 e. The highest BCUT2D eigenvalue weighted by Crippen LogP contribution is 2.23. The molecule has 0 unspecified atom stereocenters. The molecule has 2 aromatic carbocycles. The van der Waals surface area contributed by atoms with Crippen molar-refractivity contribution in [2.45, 2.75) is 27.1 Å². The van der Waals surface area contributed by atoms with Gasteiger partial charge in [0, 0.05) is 23.5 Å². The zero-order chi connectivity index (χ0) is 24.5. The molecular formula is C27H25N3O5. The lowest BCUT2D eigenvalue weighted by Crippen LogP contribution is -2.19. The number of aryl methyl sites for hydroxylation is 1. The quantitative estimate of drug-likeness (QED) is 0.180. The molecule has 0 saturated heterocycles. The minimum Gasteiger partial charge on any atom is -0.487 e. The van der Waals surface area contributed by atoms with E-state index in [1.807, 2.05) is 61.5 Å². The number of rotatable bonds is 10. The molecule has 2 heterocycles. The van der Waals surface area contributed by atoms with Crippen LogP contribution in [0, 0.1) is 6.92 Å². The summed E-state index contributed by atoms with van der Waals surface area (Å²) in [5, 5.41) is 4.00. The topological polar surface area (TPSA) is 96.0 Å². The van der Waals surface area contributed by atoms with Gasteiger partial charge in [-0.15, -0.1) is 0 Å². The minimum atomic E-state index is -0.567. The van der Waals surface area contributed by atoms with Gasteiger partial charge in [-0.05, 0) is 55.8 Å². The van der Waals surface area contributed by atoms with Gasteiger partial charge in [0.25, 0.3) is 0 Å². The lowest BCUT2D eigenvalue weighted by atomic mass is 10.2. The second-order valence-electron chi connectivity index (χ2n) is 7.50. The summed E-state index contributed by atoms with van der Waals surface area (Å²) in [6.07, 6.45) is 3.15. The Morgan fingerprint density at radius 2 is 1.80 bits per heavy atom. The van der Waals surface area contributed by atoms with Crippen molar-refractivity contribution in [2.75, 3.05) is 6.61 Å². The molecular weight excluding hydrogens is 446 g/mol. The summed E-state index contributed by atoms with van der Waals surface area (Å²) in [5.41, 5.74) is 3.11. The predicted octanol–water partition coefficient (Wildman–Crippen LogP) is 5.11. The fraction of sp³-hybridized carbons (Fsp3) is 0.185. The Hall–Kier alpha value is -4.46. The van der Waals surface area contributed by atoms with E-state index in [-0.39, 0.29) is 25.5 Å². The van der Waals surface area contributed by atoms with Crippen LogP contribution < -0.4 is 4.74 Å². The molecule has 4 aromatic rings.